The molecule has 2 atom stereocenters. The second-order valence-corrected chi connectivity index (χ2v) is 6.84. The molecule has 0 heterocycles. The number of non-ortho nitro benzene ring substituents is 1. The van der Waals surface area contributed by atoms with Crippen LogP contribution in [0.2, 0.25) is 0 Å². The molecule has 0 aliphatic heterocycles. The summed E-state index contributed by atoms with van der Waals surface area (Å²) in [5.41, 5.74) is 3.77. The molecule has 0 saturated heterocycles. The quantitative estimate of drug-likeness (QED) is 0.367. The molecule has 0 radical (unpaired) electrons. The van der Waals surface area contributed by atoms with Crippen LogP contribution in [-0.2, 0) is 26.4 Å². The Morgan fingerprint density at radius 2 is 2.04 bits per heavy atom. The van der Waals surface area contributed by atoms with Crippen LogP contribution in [0.15, 0.2) is 18.2 Å². The molecule has 1 aliphatic carbocycles. The van der Waals surface area contributed by atoms with E-state index in [4.69, 9.17) is 15.2 Å². The van der Waals surface area contributed by atoms with Crippen LogP contribution in [0.4, 0.5) is 10.5 Å². The molecule has 1 aromatic rings. The van der Waals surface area contributed by atoms with Crippen molar-refractivity contribution in [3.63, 3.8) is 0 Å². The van der Waals surface area contributed by atoms with Crippen LogP contribution in [0.25, 0.3) is 0 Å². The lowest BCUT2D eigenvalue weighted by molar-refractivity contribution is -0.385. The average molecular weight is 351 g/mol. The van der Waals surface area contributed by atoms with Crippen molar-refractivity contribution in [1.29, 1.82) is 0 Å². The molecule has 0 bridgehead atoms. The average Bonchev–Trinajstić information content (AvgIpc) is 2.68. The van der Waals surface area contributed by atoms with E-state index >= 15 is 0 Å². The number of carbonyl (C=O) groups is 2. The van der Waals surface area contributed by atoms with E-state index in [1.165, 1.54) is 19.1 Å². The van der Waals surface area contributed by atoms with Gasteiger partial charge in [0.25, 0.3) is 5.69 Å². The summed E-state index contributed by atoms with van der Waals surface area (Å²) in [6, 6.07) is 3.31. The third-order valence-electron chi connectivity index (χ3n) is 3.65. The highest BCUT2D eigenvalue weighted by Gasteiger charge is 2.54. The van der Waals surface area contributed by atoms with Gasteiger partial charge in [-0.05, 0) is 26.3 Å². The van der Waals surface area contributed by atoms with Crippen LogP contribution >= 0.6 is 0 Å². The van der Waals surface area contributed by atoms with Crippen molar-refractivity contribution < 1.29 is 24.0 Å². The van der Waals surface area contributed by atoms with Gasteiger partial charge in [-0.2, -0.15) is 0 Å². The lowest BCUT2D eigenvalue weighted by Gasteiger charge is -2.40. The van der Waals surface area contributed by atoms with Gasteiger partial charge in [0.2, 0.25) is 5.72 Å². The van der Waals surface area contributed by atoms with Crippen LogP contribution in [0.3, 0.4) is 0 Å². The third kappa shape index (κ3) is 3.87. The van der Waals surface area contributed by atoms with Crippen molar-refractivity contribution in [2.75, 3.05) is 0 Å². The molecule has 2 rings (SSSR count). The number of esters is 1. The highest BCUT2D eigenvalue weighted by atomic mass is 16.6. The maximum atomic E-state index is 11.7. The predicted octanol–water partition coefficient (Wildman–Crippen LogP) is 1.72. The first-order chi connectivity index (χ1) is 11.4. The molecule has 0 saturated carbocycles. The number of primary amides is 1. The lowest BCUT2D eigenvalue weighted by Crippen LogP contribution is -2.58. The second kappa shape index (κ2) is 6.32. The first-order valence-corrected chi connectivity index (χ1v) is 7.67. The Morgan fingerprint density at radius 1 is 1.40 bits per heavy atom. The van der Waals surface area contributed by atoms with Crippen molar-refractivity contribution >= 4 is 17.7 Å². The molecule has 1 aromatic carbocycles. The van der Waals surface area contributed by atoms with Gasteiger partial charge in [0.15, 0.2) is 6.10 Å². The highest BCUT2D eigenvalue weighted by molar-refractivity contribution is 5.74. The fourth-order valence-electron chi connectivity index (χ4n) is 3.00. The summed E-state index contributed by atoms with van der Waals surface area (Å²) in [7, 11) is 0. The van der Waals surface area contributed by atoms with Crippen molar-refractivity contribution in [1.82, 2.24) is 5.32 Å². The number of ether oxygens (including phenoxy) is 2. The van der Waals surface area contributed by atoms with E-state index in [0.29, 0.717) is 11.1 Å². The summed E-state index contributed by atoms with van der Waals surface area (Å²) in [4.78, 5) is 33.8. The number of hydrogen-bond donors (Lipinski definition) is 2. The number of carbonyl (C=O) groups excluding carboxylic acids is 2. The van der Waals surface area contributed by atoms with Crippen LogP contribution in [0.1, 0.15) is 38.8 Å². The Bertz CT molecular complexity index is 727. The summed E-state index contributed by atoms with van der Waals surface area (Å²) >= 11 is 0. The Hall–Kier alpha value is -2.68. The molecule has 0 spiro atoms. The number of nitrogens with two attached hydrogens (primary N) is 1. The predicted molar refractivity (Wildman–Crippen MR) is 87.6 cm³/mol. The molecule has 2 amide bonds. The number of amides is 2. The largest absolute Gasteiger partial charge is 0.457 e. The zero-order chi connectivity index (χ0) is 19.0. The molecular formula is C16H21N3O6. The van der Waals surface area contributed by atoms with Gasteiger partial charge in [-0.1, -0.05) is 6.07 Å². The molecule has 1 aliphatic rings. The van der Waals surface area contributed by atoms with Gasteiger partial charge in [-0.15, -0.1) is 0 Å². The number of nitrogens with zero attached hydrogens (tertiary/aromatic N) is 1. The van der Waals surface area contributed by atoms with E-state index in [1.807, 2.05) is 0 Å². The molecule has 136 valence electrons. The zero-order valence-corrected chi connectivity index (χ0v) is 14.5. The minimum atomic E-state index is -1.61. The number of benzene rings is 1. The zero-order valence-electron chi connectivity index (χ0n) is 14.5. The number of nitrogens with one attached hydrogen (secondary N) is 1. The van der Waals surface area contributed by atoms with Gasteiger partial charge in [-0.25, -0.2) is 4.79 Å². The highest BCUT2D eigenvalue weighted by Crippen LogP contribution is 2.43. The van der Waals surface area contributed by atoms with E-state index in [9.17, 15) is 19.7 Å². The lowest BCUT2D eigenvalue weighted by atomic mass is 10.0. The van der Waals surface area contributed by atoms with E-state index in [1.54, 1.807) is 26.8 Å². The summed E-state index contributed by atoms with van der Waals surface area (Å²) < 4.78 is 11.4. The standard InChI is InChI=1S/C16H21N3O6/c1-9(20)24-13-7-10-5-6-11(19(22)23)8-12(10)16(13,18-14(17)21)25-15(2,3)4/h5-6,8,13H,7H2,1-4H3,(H3,17,18,21). The summed E-state index contributed by atoms with van der Waals surface area (Å²) in [6.07, 6.45) is -0.683. The van der Waals surface area contributed by atoms with Gasteiger partial charge in [0.1, 0.15) is 0 Å². The Labute approximate surface area is 144 Å². The second-order valence-electron chi connectivity index (χ2n) is 6.84. The van der Waals surface area contributed by atoms with E-state index in [0.717, 1.165) is 0 Å². The van der Waals surface area contributed by atoms with Crippen molar-refractivity contribution in [2.24, 2.45) is 5.73 Å². The van der Waals surface area contributed by atoms with Crippen molar-refractivity contribution in [3.05, 3.63) is 39.4 Å². The fourth-order valence-corrected chi connectivity index (χ4v) is 3.00. The van der Waals surface area contributed by atoms with Crippen LogP contribution in [0, 0.1) is 10.1 Å². The fraction of sp³-hybridized carbons (Fsp3) is 0.500. The van der Waals surface area contributed by atoms with E-state index < -0.39 is 34.4 Å². The smallest absolute Gasteiger partial charge is 0.314 e. The van der Waals surface area contributed by atoms with Gasteiger partial charge in [-0.3, -0.25) is 14.9 Å². The number of rotatable bonds is 4. The van der Waals surface area contributed by atoms with E-state index in [-0.39, 0.29) is 12.1 Å². The molecule has 0 aromatic heterocycles. The van der Waals surface area contributed by atoms with Crippen molar-refractivity contribution in [2.45, 2.75) is 51.5 Å². The van der Waals surface area contributed by atoms with Crippen molar-refractivity contribution in [3.8, 4) is 0 Å². The first kappa shape index (κ1) is 18.7. The molecule has 9 heteroatoms. The normalized spacial score (nSPS) is 22.2. The number of hydrogen-bond acceptors (Lipinski definition) is 6. The topological polar surface area (TPSA) is 134 Å². The monoisotopic (exact) mass is 351 g/mol. The summed E-state index contributed by atoms with van der Waals surface area (Å²) in [5, 5.41) is 13.7. The van der Waals surface area contributed by atoms with Crippen LogP contribution in [-0.4, -0.2) is 28.6 Å². The summed E-state index contributed by atoms with van der Waals surface area (Å²) in [6.45, 7) is 6.48. The molecule has 3 N–H and O–H groups in total. The molecule has 0 fully saturated rings. The number of fused-ring (bicyclic) bond motifs is 1. The van der Waals surface area contributed by atoms with Gasteiger partial charge < -0.3 is 20.5 Å². The Kier molecular flexibility index (Phi) is 4.72. The number of nitro benzene ring substituents is 1. The minimum absolute atomic E-state index is 0.171. The number of urea groups is 1. The minimum Gasteiger partial charge on any atom is -0.457 e. The van der Waals surface area contributed by atoms with Gasteiger partial charge in [0.05, 0.1) is 10.5 Å². The summed E-state index contributed by atoms with van der Waals surface area (Å²) in [5.74, 6) is -0.569. The maximum Gasteiger partial charge on any atom is 0.314 e. The third-order valence-corrected chi connectivity index (χ3v) is 3.65. The molecule has 25 heavy (non-hydrogen) atoms. The molecular weight excluding hydrogens is 330 g/mol. The van der Waals surface area contributed by atoms with Gasteiger partial charge in [0, 0.05) is 31.0 Å². The Balaban J connectivity index is 2.67. The molecule has 2 unspecified atom stereocenters. The van der Waals surface area contributed by atoms with Crippen LogP contribution < -0.4 is 11.1 Å². The SMILES string of the molecule is CC(=O)OC1Cc2ccc([N+](=O)[O-])cc2C1(NC(N)=O)OC(C)(C)C. The Morgan fingerprint density at radius 3 is 2.52 bits per heavy atom. The van der Waals surface area contributed by atoms with Crippen LogP contribution in [0.5, 0.6) is 0 Å². The maximum absolute atomic E-state index is 11.7. The van der Waals surface area contributed by atoms with Gasteiger partial charge >= 0.3 is 12.0 Å². The molecule has 9 nitrogen and oxygen atoms in total. The van der Waals surface area contributed by atoms with E-state index in [2.05, 4.69) is 5.32 Å². The number of nitro groups is 1. The first-order valence-electron chi connectivity index (χ1n) is 7.67.